The van der Waals surface area contributed by atoms with Crippen molar-refractivity contribution in [1.82, 2.24) is 4.72 Å². The Kier molecular flexibility index (Phi) is 13.2. The highest BCUT2D eigenvalue weighted by Crippen LogP contribution is 2.21. The van der Waals surface area contributed by atoms with Gasteiger partial charge in [0, 0.05) is 13.0 Å². The largest absolute Gasteiger partial charge is 0.481 e. The average Bonchev–Trinajstić information content (AvgIpc) is 2.50. The number of hydrogen-bond acceptors (Lipinski definition) is 4. The Labute approximate surface area is 153 Å². The molecule has 0 spiro atoms. The van der Waals surface area contributed by atoms with E-state index >= 15 is 0 Å². The molecule has 0 aromatic rings. The van der Waals surface area contributed by atoms with E-state index in [0.29, 0.717) is 32.2 Å². The number of carboxylic acid groups (broad SMARTS) is 1. The van der Waals surface area contributed by atoms with E-state index in [0.717, 1.165) is 44.9 Å². The SMILES string of the molecule is CCCCCC(C)(O)CCCCS(=O)(=O)NCCCCCCC(=O)O. The second-order valence-corrected chi connectivity index (χ2v) is 9.11. The van der Waals surface area contributed by atoms with E-state index in [4.69, 9.17) is 5.11 Å². The van der Waals surface area contributed by atoms with Crippen molar-refractivity contribution in [2.45, 2.75) is 96.5 Å². The van der Waals surface area contributed by atoms with Gasteiger partial charge < -0.3 is 10.2 Å². The molecule has 0 heterocycles. The summed E-state index contributed by atoms with van der Waals surface area (Å²) in [6, 6.07) is 0. The van der Waals surface area contributed by atoms with Gasteiger partial charge in [-0.15, -0.1) is 0 Å². The molecule has 0 radical (unpaired) electrons. The molecule has 1 unspecified atom stereocenters. The highest BCUT2D eigenvalue weighted by atomic mass is 32.2. The van der Waals surface area contributed by atoms with Crippen molar-refractivity contribution >= 4 is 16.0 Å². The number of aliphatic carboxylic acids is 1. The summed E-state index contributed by atoms with van der Waals surface area (Å²) >= 11 is 0. The monoisotopic (exact) mass is 379 g/mol. The Bertz CT molecular complexity index is 448. The van der Waals surface area contributed by atoms with E-state index in [9.17, 15) is 18.3 Å². The zero-order chi connectivity index (χ0) is 19.2. The maximum absolute atomic E-state index is 11.9. The Hall–Kier alpha value is -0.660. The standard InChI is InChI=1S/C18H37NO5S/c1-3-4-8-13-18(2,22)14-9-11-16-25(23,24)19-15-10-6-5-7-12-17(20)21/h19,22H,3-16H2,1-2H3,(H,20,21). The van der Waals surface area contributed by atoms with Crippen LogP contribution in [-0.4, -0.2) is 42.5 Å². The van der Waals surface area contributed by atoms with Gasteiger partial charge in [0.15, 0.2) is 0 Å². The molecular weight excluding hydrogens is 342 g/mol. The molecule has 1 atom stereocenters. The van der Waals surface area contributed by atoms with Gasteiger partial charge in [-0.3, -0.25) is 4.79 Å². The predicted molar refractivity (Wildman–Crippen MR) is 101 cm³/mol. The van der Waals surface area contributed by atoms with E-state index in [1.165, 1.54) is 0 Å². The summed E-state index contributed by atoms with van der Waals surface area (Å²) < 4.78 is 26.4. The number of carboxylic acids is 1. The minimum absolute atomic E-state index is 0.0943. The zero-order valence-corrected chi connectivity index (χ0v) is 16.7. The topological polar surface area (TPSA) is 104 Å². The molecule has 0 saturated carbocycles. The molecule has 0 aliphatic rings. The minimum Gasteiger partial charge on any atom is -0.481 e. The molecular formula is C18H37NO5S. The molecule has 3 N–H and O–H groups in total. The Morgan fingerprint density at radius 3 is 2.16 bits per heavy atom. The lowest BCUT2D eigenvalue weighted by Crippen LogP contribution is -2.28. The molecule has 6 nitrogen and oxygen atoms in total. The van der Waals surface area contributed by atoms with Crippen LogP contribution in [0, 0.1) is 0 Å². The van der Waals surface area contributed by atoms with Crippen molar-refractivity contribution in [3.8, 4) is 0 Å². The van der Waals surface area contributed by atoms with Crippen LogP contribution in [0.3, 0.4) is 0 Å². The van der Waals surface area contributed by atoms with Crippen LogP contribution in [0.4, 0.5) is 0 Å². The smallest absolute Gasteiger partial charge is 0.303 e. The maximum atomic E-state index is 11.9. The highest BCUT2D eigenvalue weighted by Gasteiger charge is 2.19. The quantitative estimate of drug-likeness (QED) is 0.336. The third-order valence-electron chi connectivity index (χ3n) is 4.34. The van der Waals surface area contributed by atoms with Crippen LogP contribution in [0.2, 0.25) is 0 Å². The van der Waals surface area contributed by atoms with E-state index in [1.807, 2.05) is 6.92 Å². The third-order valence-corrected chi connectivity index (χ3v) is 5.81. The van der Waals surface area contributed by atoms with Gasteiger partial charge in [0.25, 0.3) is 0 Å². The molecule has 150 valence electrons. The summed E-state index contributed by atoms with van der Waals surface area (Å²) in [6.45, 7) is 4.37. The summed E-state index contributed by atoms with van der Waals surface area (Å²) in [5.74, 6) is -0.693. The first-order valence-corrected chi connectivity index (χ1v) is 11.3. The predicted octanol–water partition coefficient (Wildman–Crippen LogP) is 3.44. The second kappa shape index (κ2) is 13.5. The van der Waals surface area contributed by atoms with E-state index < -0.39 is 21.6 Å². The van der Waals surface area contributed by atoms with Gasteiger partial charge in [0.1, 0.15) is 0 Å². The molecule has 0 bridgehead atoms. The molecule has 25 heavy (non-hydrogen) atoms. The fraction of sp³-hybridized carbons (Fsp3) is 0.944. The highest BCUT2D eigenvalue weighted by molar-refractivity contribution is 7.89. The summed E-state index contributed by atoms with van der Waals surface area (Å²) in [5, 5.41) is 18.8. The lowest BCUT2D eigenvalue weighted by molar-refractivity contribution is -0.137. The van der Waals surface area contributed by atoms with E-state index in [2.05, 4.69) is 11.6 Å². The van der Waals surface area contributed by atoms with Gasteiger partial charge in [-0.05, 0) is 45.4 Å². The van der Waals surface area contributed by atoms with E-state index in [1.54, 1.807) is 0 Å². The first kappa shape index (κ1) is 24.3. The Balaban J connectivity index is 3.71. The van der Waals surface area contributed by atoms with Crippen molar-refractivity contribution in [2.24, 2.45) is 0 Å². The van der Waals surface area contributed by atoms with Crippen LogP contribution in [-0.2, 0) is 14.8 Å². The molecule has 0 aliphatic heterocycles. The molecule has 0 amide bonds. The van der Waals surface area contributed by atoms with Crippen LogP contribution < -0.4 is 4.72 Å². The fourth-order valence-electron chi connectivity index (χ4n) is 2.73. The molecule has 0 aliphatic carbocycles. The molecule has 0 saturated heterocycles. The van der Waals surface area contributed by atoms with Crippen molar-refractivity contribution in [1.29, 1.82) is 0 Å². The number of unbranched alkanes of at least 4 members (excludes halogenated alkanes) is 6. The van der Waals surface area contributed by atoms with Crippen LogP contribution in [0.25, 0.3) is 0 Å². The number of rotatable bonds is 17. The summed E-state index contributed by atoms with van der Waals surface area (Å²) in [4.78, 5) is 10.4. The third kappa shape index (κ3) is 16.6. The minimum atomic E-state index is -3.25. The van der Waals surface area contributed by atoms with Gasteiger partial charge in [-0.1, -0.05) is 39.0 Å². The van der Waals surface area contributed by atoms with Crippen molar-refractivity contribution < 1.29 is 23.4 Å². The second-order valence-electron chi connectivity index (χ2n) is 7.18. The van der Waals surface area contributed by atoms with Crippen LogP contribution in [0.15, 0.2) is 0 Å². The lowest BCUT2D eigenvalue weighted by Gasteiger charge is -2.23. The first-order chi connectivity index (χ1) is 11.7. The molecule has 0 aromatic carbocycles. The number of aliphatic hydroxyl groups is 1. The fourth-order valence-corrected chi connectivity index (χ4v) is 3.92. The zero-order valence-electron chi connectivity index (χ0n) is 15.9. The van der Waals surface area contributed by atoms with Crippen molar-refractivity contribution in [2.75, 3.05) is 12.3 Å². The Morgan fingerprint density at radius 2 is 1.56 bits per heavy atom. The summed E-state index contributed by atoms with van der Waals surface area (Å²) in [7, 11) is -3.25. The summed E-state index contributed by atoms with van der Waals surface area (Å²) in [6.07, 6.45) is 9.09. The van der Waals surface area contributed by atoms with Crippen LogP contribution >= 0.6 is 0 Å². The van der Waals surface area contributed by atoms with Gasteiger partial charge in [-0.25, -0.2) is 13.1 Å². The van der Waals surface area contributed by atoms with Crippen molar-refractivity contribution in [3.63, 3.8) is 0 Å². The number of carbonyl (C=O) groups is 1. The molecule has 0 rings (SSSR count). The van der Waals surface area contributed by atoms with Crippen molar-refractivity contribution in [3.05, 3.63) is 0 Å². The van der Waals surface area contributed by atoms with Crippen LogP contribution in [0.1, 0.15) is 90.9 Å². The van der Waals surface area contributed by atoms with Crippen LogP contribution in [0.5, 0.6) is 0 Å². The van der Waals surface area contributed by atoms with Gasteiger partial charge in [0.05, 0.1) is 11.4 Å². The van der Waals surface area contributed by atoms with Gasteiger partial charge >= 0.3 is 5.97 Å². The van der Waals surface area contributed by atoms with Gasteiger partial charge in [-0.2, -0.15) is 0 Å². The number of hydrogen-bond donors (Lipinski definition) is 3. The average molecular weight is 380 g/mol. The first-order valence-electron chi connectivity index (χ1n) is 9.60. The molecule has 7 heteroatoms. The molecule has 0 aromatic heterocycles. The maximum Gasteiger partial charge on any atom is 0.303 e. The normalized spacial score (nSPS) is 14.4. The number of nitrogens with one attached hydrogen (secondary N) is 1. The molecule has 0 fully saturated rings. The van der Waals surface area contributed by atoms with E-state index in [-0.39, 0.29) is 12.2 Å². The Morgan fingerprint density at radius 1 is 0.960 bits per heavy atom. The lowest BCUT2D eigenvalue weighted by atomic mass is 9.93. The van der Waals surface area contributed by atoms with Gasteiger partial charge in [0.2, 0.25) is 10.0 Å². The summed E-state index contributed by atoms with van der Waals surface area (Å²) in [5.41, 5.74) is -0.692. The number of sulfonamides is 1.